The minimum Gasteiger partial charge on any atom is -0.480 e. The van der Waals surface area contributed by atoms with Gasteiger partial charge in [0.2, 0.25) is 0 Å². The van der Waals surface area contributed by atoms with Crippen LogP contribution < -0.4 is 19.6 Å². The Morgan fingerprint density at radius 1 is 0.258 bits per heavy atom. The van der Waals surface area contributed by atoms with Crippen LogP contribution in [0.3, 0.4) is 0 Å². The number of rotatable bonds is 24. The molecule has 0 aliphatic rings. The number of carbonyl (C=O) groups is 8. The first-order valence-corrected chi connectivity index (χ1v) is 18.2. The van der Waals surface area contributed by atoms with Crippen LogP contribution in [-0.4, -0.2) is 141 Å². The van der Waals surface area contributed by atoms with Gasteiger partial charge in [-0.25, -0.2) is 0 Å². The second kappa shape index (κ2) is 21.0. The lowest BCUT2D eigenvalue weighted by Gasteiger charge is -2.25. The van der Waals surface area contributed by atoms with Crippen molar-refractivity contribution in [3.05, 3.63) is 119 Å². The third-order valence-electron chi connectivity index (χ3n) is 8.94. The van der Waals surface area contributed by atoms with Crippen LogP contribution in [0.15, 0.2) is 97.1 Å². The Hall–Kier alpha value is -8.42. The van der Waals surface area contributed by atoms with E-state index in [2.05, 4.69) is 0 Å². The van der Waals surface area contributed by atoms with Gasteiger partial charge in [0, 0.05) is 22.7 Å². The summed E-state index contributed by atoms with van der Waals surface area (Å²) in [5, 5.41) is 75.8. The second-order valence-corrected chi connectivity index (χ2v) is 13.5. The van der Waals surface area contributed by atoms with Gasteiger partial charge in [0.15, 0.2) is 0 Å². The van der Waals surface area contributed by atoms with Crippen molar-refractivity contribution in [2.75, 3.05) is 72.0 Å². The lowest BCUT2D eigenvalue weighted by atomic mass is 9.85. The second-order valence-electron chi connectivity index (χ2n) is 13.5. The Balaban J connectivity index is 2.07. The first-order chi connectivity index (χ1) is 29.3. The molecule has 0 saturated heterocycles. The summed E-state index contributed by atoms with van der Waals surface area (Å²) in [4.78, 5) is 97.5. The molecule has 0 aliphatic carbocycles. The van der Waals surface area contributed by atoms with Gasteiger partial charge >= 0.3 is 47.8 Å². The van der Waals surface area contributed by atoms with Gasteiger partial charge in [-0.2, -0.15) is 0 Å². The van der Waals surface area contributed by atoms with Gasteiger partial charge in [-0.1, -0.05) is 48.5 Å². The van der Waals surface area contributed by atoms with E-state index < -0.39 is 100 Å². The molecule has 0 radical (unpaired) electrons. The number of hydrogen-bond acceptors (Lipinski definition) is 12. The molecule has 4 aromatic rings. The molecule has 0 heterocycles. The average Bonchev–Trinajstić information content (AvgIpc) is 3.18. The summed E-state index contributed by atoms with van der Waals surface area (Å²) in [7, 11) is 0. The van der Waals surface area contributed by atoms with Crippen LogP contribution in [-0.2, 0) is 38.4 Å². The Morgan fingerprint density at radius 3 is 0.500 bits per heavy atom. The third kappa shape index (κ3) is 13.3. The van der Waals surface area contributed by atoms with Gasteiger partial charge in [-0.3, -0.25) is 38.4 Å². The van der Waals surface area contributed by atoms with Crippen molar-refractivity contribution in [1.29, 1.82) is 0 Å². The molecule has 0 unspecified atom stereocenters. The molecule has 4 aromatic carbocycles. The number of aliphatic carboxylic acids is 8. The molecule has 0 saturated carbocycles. The molecule has 0 aliphatic heterocycles. The van der Waals surface area contributed by atoms with Gasteiger partial charge in [0.1, 0.15) is 52.4 Å². The van der Waals surface area contributed by atoms with E-state index >= 15 is 0 Å². The van der Waals surface area contributed by atoms with E-state index in [0.717, 1.165) is 19.6 Å². The van der Waals surface area contributed by atoms with Crippen LogP contribution in [0.1, 0.15) is 22.3 Å². The number of carboxylic acid groups (broad SMARTS) is 8. The summed E-state index contributed by atoms with van der Waals surface area (Å²) in [6.45, 7) is -5.19. The topological polar surface area (TPSA) is 311 Å². The van der Waals surface area contributed by atoms with Gasteiger partial charge in [0.05, 0.1) is 0 Å². The molecule has 0 spiro atoms. The van der Waals surface area contributed by atoms with E-state index in [0.29, 0.717) is 33.4 Å². The highest BCUT2D eigenvalue weighted by molar-refractivity contribution is 6.05. The number of anilines is 4. The quantitative estimate of drug-likeness (QED) is 0.0470. The molecular formula is C42H40N4O16. The monoisotopic (exact) mass is 856 g/mol. The zero-order chi connectivity index (χ0) is 45.7. The molecular weight excluding hydrogens is 816 g/mol. The summed E-state index contributed by atoms with van der Waals surface area (Å²) >= 11 is 0. The van der Waals surface area contributed by atoms with E-state index in [4.69, 9.17) is 0 Å². The Kier molecular flexibility index (Phi) is 15.7. The maximum Gasteiger partial charge on any atom is 0.323 e. The molecule has 0 fully saturated rings. The fourth-order valence-electron chi connectivity index (χ4n) is 6.53. The SMILES string of the molecule is O=C(O)CN(CC(=O)O)c1ccc(C(=C(c2ccc(N(CC(=O)O)CC(=O)O)cc2)c2ccc(N(CC(=O)O)CC(=O)O)cc2)c2ccc(N(CC(=O)O)CC(=O)O)cc2)cc1. The van der Waals surface area contributed by atoms with Crippen molar-refractivity contribution in [3.63, 3.8) is 0 Å². The molecule has 0 amide bonds. The van der Waals surface area contributed by atoms with Gasteiger partial charge in [-0.15, -0.1) is 0 Å². The average molecular weight is 857 g/mol. The summed E-state index contributed by atoms with van der Waals surface area (Å²) in [6, 6.07) is 24.6. The lowest BCUT2D eigenvalue weighted by Crippen LogP contribution is -2.34. The lowest BCUT2D eigenvalue weighted by molar-refractivity contribution is -0.138. The normalized spacial score (nSPS) is 10.5. The molecule has 324 valence electrons. The van der Waals surface area contributed by atoms with Crippen molar-refractivity contribution >= 4 is 81.7 Å². The highest BCUT2D eigenvalue weighted by Gasteiger charge is 2.22. The summed E-state index contributed by atoms with van der Waals surface area (Å²) in [5.41, 5.74) is 3.56. The predicted octanol–water partition coefficient (Wildman–Crippen LogP) is 2.60. The molecule has 20 heteroatoms. The van der Waals surface area contributed by atoms with Crippen molar-refractivity contribution < 1.29 is 79.2 Å². The Morgan fingerprint density at radius 2 is 0.387 bits per heavy atom. The maximum atomic E-state index is 11.6. The Labute approximate surface area is 351 Å². The maximum absolute atomic E-state index is 11.6. The first kappa shape index (κ1) is 46.3. The molecule has 8 N–H and O–H groups in total. The van der Waals surface area contributed by atoms with Crippen LogP contribution in [0.5, 0.6) is 0 Å². The fraction of sp³-hybridized carbons (Fsp3) is 0.190. The highest BCUT2D eigenvalue weighted by Crippen LogP contribution is 2.39. The molecule has 0 bridgehead atoms. The van der Waals surface area contributed by atoms with E-state index in [1.54, 1.807) is 48.5 Å². The van der Waals surface area contributed by atoms with Crippen LogP contribution >= 0.6 is 0 Å². The molecule has 62 heavy (non-hydrogen) atoms. The van der Waals surface area contributed by atoms with E-state index in [1.807, 2.05) is 0 Å². The van der Waals surface area contributed by atoms with Crippen molar-refractivity contribution in [1.82, 2.24) is 0 Å². The Bertz CT molecular complexity index is 1950. The van der Waals surface area contributed by atoms with Crippen LogP contribution in [0.4, 0.5) is 22.7 Å². The number of carboxylic acids is 8. The first-order valence-electron chi connectivity index (χ1n) is 18.2. The smallest absolute Gasteiger partial charge is 0.323 e. The van der Waals surface area contributed by atoms with Crippen molar-refractivity contribution in [2.45, 2.75) is 0 Å². The van der Waals surface area contributed by atoms with Gasteiger partial charge < -0.3 is 60.5 Å². The minimum absolute atomic E-state index is 0.232. The van der Waals surface area contributed by atoms with E-state index in [-0.39, 0.29) is 22.7 Å². The van der Waals surface area contributed by atoms with Crippen LogP contribution in [0.25, 0.3) is 11.1 Å². The fourth-order valence-corrected chi connectivity index (χ4v) is 6.53. The predicted molar refractivity (Wildman–Crippen MR) is 221 cm³/mol. The zero-order valence-electron chi connectivity index (χ0n) is 32.5. The van der Waals surface area contributed by atoms with E-state index in [1.165, 1.54) is 48.5 Å². The molecule has 20 nitrogen and oxygen atoms in total. The number of hydrogen-bond donors (Lipinski definition) is 8. The standard InChI is InChI=1S/C42H40N4O16/c47-33(48)17-43(18-34(49)50)29-9-1-25(2-10-29)41(26-3-11-30(12-4-26)44(19-35(51)52)20-36(53)54)42(27-5-13-31(14-6-27)45(21-37(55)56)22-38(57)58)28-7-15-32(16-8-28)46(23-39(59)60)24-40(61)62/h1-16H,17-24H2,(H,47,48)(H,49,50)(H,51,52)(H,53,54)(H,55,56)(H,57,58)(H,59,60)(H,61,62). The largest absolute Gasteiger partial charge is 0.480 e. The molecule has 4 rings (SSSR count). The molecule has 0 atom stereocenters. The van der Waals surface area contributed by atoms with E-state index in [9.17, 15) is 79.2 Å². The van der Waals surface area contributed by atoms with Crippen molar-refractivity contribution in [2.24, 2.45) is 0 Å². The zero-order valence-corrected chi connectivity index (χ0v) is 32.5. The highest BCUT2D eigenvalue weighted by atomic mass is 16.4. The van der Waals surface area contributed by atoms with Gasteiger partial charge in [-0.05, 0) is 81.9 Å². The number of benzene rings is 4. The summed E-state index contributed by atoms with van der Waals surface area (Å²) < 4.78 is 0. The van der Waals surface area contributed by atoms with Crippen LogP contribution in [0.2, 0.25) is 0 Å². The summed E-state index contributed by atoms with van der Waals surface area (Å²) in [6.07, 6.45) is 0. The number of nitrogens with zero attached hydrogens (tertiary/aromatic N) is 4. The van der Waals surface area contributed by atoms with Crippen LogP contribution in [0, 0.1) is 0 Å². The van der Waals surface area contributed by atoms with Gasteiger partial charge in [0.25, 0.3) is 0 Å². The minimum atomic E-state index is -1.29. The molecule has 0 aromatic heterocycles. The van der Waals surface area contributed by atoms with Crippen molar-refractivity contribution in [3.8, 4) is 0 Å². The summed E-state index contributed by atoms with van der Waals surface area (Å²) in [5.74, 6) is -10.3. The third-order valence-corrected chi connectivity index (χ3v) is 8.94.